The number of carbonyl (C=O) groups excluding carboxylic acids is 1. The largest absolute Gasteiger partial charge is 0.445 e. The van der Waals surface area contributed by atoms with E-state index in [1.165, 1.54) is 25.0 Å². The van der Waals surface area contributed by atoms with E-state index in [1.54, 1.807) is 0 Å². The molecule has 0 radical (unpaired) electrons. The maximum absolute atomic E-state index is 14.4. The summed E-state index contributed by atoms with van der Waals surface area (Å²) in [5.41, 5.74) is 1.62. The maximum Gasteiger partial charge on any atom is 0.407 e. The number of amides is 1. The Balaban J connectivity index is 0.964. The number of nitro benzene ring substituents is 1. The number of anilines is 1. The van der Waals surface area contributed by atoms with Gasteiger partial charge in [-0.3, -0.25) is 10.1 Å². The summed E-state index contributed by atoms with van der Waals surface area (Å²) in [7, 11) is 0. The lowest BCUT2D eigenvalue weighted by atomic mass is 9.60. The van der Waals surface area contributed by atoms with E-state index < -0.39 is 10.7 Å². The fourth-order valence-corrected chi connectivity index (χ4v) is 6.37. The fraction of sp³-hybridized carbons (Fsp3) is 0.552. The van der Waals surface area contributed by atoms with E-state index in [2.05, 4.69) is 10.2 Å². The van der Waals surface area contributed by atoms with Gasteiger partial charge in [0, 0.05) is 25.2 Å². The molecule has 8 nitrogen and oxygen atoms in total. The third-order valence-corrected chi connectivity index (χ3v) is 8.76. The number of hydrogen-bond acceptors (Lipinski definition) is 6. The second-order valence-electron chi connectivity index (χ2n) is 11.3. The number of likely N-dealkylation sites (tertiary alicyclic amines) is 1. The van der Waals surface area contributed by atoms with Gasteiger partial charge in [-0.05, 0) is 87.5 Å². The molecular formula is C29H37FN4O4. The number of nitrogens with zero attached hydrogens (tertiary/aromatic N) is 3. The molecule has 5 rings (SSSR count). The molecule has 0 aromatic heterocycles. The Labute approximate surface area is 223 Å². The zero-order valence-corrected chi connectivity index (χ0v) is 21.8. The van der Waals surface area contributed by atoms with E-state index in [9.17, 15) is 19.3 Å². The Kier molecular flexibility index (Phi) is 8.12. The topological polar surface area (TPSA) is 88.0 Å². The average molecular weight is 525 g/mol. The number of ether oxygens (including phenoxy) is 1. The van der Waals surface area contributed by atoms with Crippen LogP contribution in [0, 0.1) is 27.3 Å². The highest BCUT2D eigenvalue weighted by Crippen LogP contribution is 2.49. The van der Waals surface area contributed by atoms with E-state index in [0.29, 0.717) is 23.6 Å². The van der Waals surface area contributed by atoms with Crippen LogP contribution in [0.15, 0.2) is 48.5 Å². The summed E-state index contributed by atoms with van der Waals surface area (Å²) >= 11 is 0. The summed E-state index contributed by atoms with van der Waals surface area (Å²) in [4.78, 5) is 27.0. The molecule has 2 aromatic rings. The number of halogens is 1. The molecule has 9 heteroatoms. The Hall–Kier alpha value is -3.20. The van der Waals surface area contributed by atoms with Crippen molar-refractivity contribution in [3.05, 3.63) is 70.0 Å². The molecule has 0 atom stereocenters. The number of alkyl carbamates (subject to hydrolysis) is 1. The van der Waals surface area contributed by atoms with Crippen LogP contribution in [-0.4, -0.2) is 54.7 Å². The summed E-state index contributed by atoms with van der Waals surface area (Å²) in [6.07, 6.45) is 7.31. The second kappa shape index (κ2) is 11.7. The van der Waals surface area contributed by atoms with Gasteiger partial charge in [0.1, 0.15) is 6.61 Å². The predicted molar refractivity (Wildman–Crippen MR) is 144 cm³/mol. The minimum Gasteiger partial charge on any atom is -0.445 e. The van der Waals surface area contributed by atoms with E-state index >= 15 is 0 Å². The number of benzene rings is 2. The van der Waals surface area contributed by atoms with E-state index in [-0.39, 0.29) is 17.8 Å². The molecule has 2 saturated heterocycles. The Morgan fingerprint density at radius 3 is 2.45 bits per heavy atom. The second-order valence-corrected chi connectivity index (χ2v) is 11.3. The molecule has 204 valence electrons. The molecule has 0 unspecified atom stereocenters. The van der Waals surface area contributed by atoms with Gasteiger partial charge in [-0.15, -0.1) is 0 Å². The standard InChI is InChI=1S/C29H37FN4O4/c30-26-18-25(34(36)37)6-7-27(26)33-14-9-22(10-15-33)8-13-32-16-11-29(12-17-32)19-24(20-29)31-28(35)38-21-23-4-2-1-3-5-23/h1-7,18,22,24H,8-17,19-21H2,(H,31,35). The molecule has 3 fully saturated rings. The first kappa shape index (κ1) is 26.4. The Morgan fingerprint density at radius 1 is 1.08 bits per heavy atom. The molecule has 2 heterocycles. The number of hydrogen-bond donors (Lipinski definition) is 1. The van der Waals surface area contributed by atoms with Gasteiger partial charge in [0.2, 0.25) is 0 Å². The summed E-state index contributed by atoms with van der Waals surface area (Å²) in [5.74, 6) is 0.111. The molecule has 1 N–H and O–H groups in total. The van der Waals surface area contributed by atoms with Gasteiger partial charge >= 0.3 is 6.09 Å². The zero-order chi connectivity index (χ0) is 26.5. The smallest absolute Gasteiger partial charge is 0.407 e. The summed E-state index contributed by atoms with van der Waals surface area (Å²) in [6, 6.07) is 13.9. The fourth-order valence-electron chi connectivity index (χ4n) is 6.37. The molecule has 38 heavy (non-hydrogen) atoms. The Bertz CT molecular complexity index is 1110. The van der Waals surface area contributed by atoms with Crippen molar-refractivity contribution in [2.75, 3.05) is 37.6 Å². The maximum atomic E-state index is 14.4. The quantitative estimate of drug-likeness (QED) is 0.362. The molecule has 1 aliphatic carbocycles. The van der Waals surface area contributed by atoms with Crippen LogP contribution in [0.2, 0.25) is 0 Å². The highest BCUT2D eigenvalue weighted by molar-refractivity contribution is 5.67. The van der Waals surface area contributed by atoms with Crippen LogP contribution in [0.3, 0.4) is 0 Å². The van der Waals surface area contributed by atoms with E-state index in [4.69, 9.17) is 4.74 Å². The molecule has 2 aromatic carbocycles. The summed E-state index contributed by atoms with van der Waals surface area (Å²) < 4.78 is 19.7. The van der Waals surface area contributed by atoms with Gasteiger partial charge in [-0.25, -0.2) is 9.18 Å². The van der Waals surface area contributed by atoms with Crippen molar-refractivity contribution in [3.63, 3.8) is 0 Å². The molecule has 3 aliphatic rings. The highest BCUT2D eigenvalue weighted by Gasteiger charge is 2.46. The zero-order valence-electron chi connectivity index (χ0n) is 21.8. The number of nitro groups is 1. The van der Waals surface area contributed by atoms with Crippen LogP contribution in [0.4, 0.5) is 20.6 Å². The van der Waals surface area contributed by atoms with Crippen molar-refractivity contribution in [3.8, 4) is 0 Å². The molecule has 2 aliphatic heterocycles. The van der Waals surface area contributed by atoms with Crippen molar-refractivity contribution in [2.24, 2.45) is 11.3 Å². The molecule has 1 spiro atoms. The van der Waals surface area contributed by atoms with Crippen LogP contribution in [-0.2, 0) is 11.3 Å². The van der Waals surface area contributed by atoms with Crippen molar-refractivity contribution in [2.45, 2.75) is 57.6 Å². The van der Waals surface area contributed by atoms with Gasteiger partial charge in [0.05, 0.1) is 16.7 Å². The number of non-ortho nitro benzene ring substituents is 1. The van der Waals surface area contributed by atoms with Crippen LogP contribution >= 0.6 is 0 Å². The molecule has 1 saturated carbocycles. The first-order valence-electron chi connectivity index (χ1n) is 13.8. The number of rotatable bonds is 8. The van der Waals surface area contributed by atoms with Crippen LogP contribution in [0.5, 0.6) is 0 Å². The molecule has 0 bridgehead atoms. The number of carbonyl (C=O) groups is 1. The first-order valence-corrected chi connectivity index (χ1v) is 13.8. The number of piperidine rings is 2. The van der Waals surface area contributed by atoms with Crippen molar-refractivity contribution in [1.82, 2.24) is 10.2 Å². The third-order valence-electron chi connectivity index (χ3n) is 8.76. The van der Waals surface area contributed by atoms with Gasteiger partial charge in [-0.2, -0.15) is 0 Å². The first-order chi connectivity index (χ1) is 18.4. The predicted octanol–water partition coefficient (Wildman–Crippen LogP) is 5.51. The van der Waals surface area contributed by atoms with Crippen molar-refractivity contribution >= 4 is 17.5 Å². The Morgan fingerprint density at radius 2 is 1.79 bits per heavy atom. The van der Waals surface area contributed by atoms with Gasteiger partial charge in [0.25, 0.3) is 5.69 Å². The van der Waals surface area contributed by atoms with Crippen LogP contribution < -0.4 is 10.2 Å². The van der Waals surface area contributed by atoms with Gasteiger partial charge < -0.3 is 19.9 Å². The van der Waals surface area contributed by atoms with Gasteiger partial charge in [0.15, 0.2) is 5.82 Å². The van der Waals surface area contributed by atoms with Crippen molar-refractivity contribution < 1.29 is 18.8 Å². The van der Waals surface area contributed by atoms with E-state index in [0.717, 1.165) is 76.5 Å². The SMILES string of the molecule is O=C(NC1CC2(CCN(CCC3CCN(c4ccc([N+](=O)[O-])cc4F)CC3)CC2)C1)OCc1ccccc1. The lowest BCUT2D eigenvalue weighted by Crippen LogP contribution is -2.55. The lowest BCUT2D eigenvalue weighted by Gasteiger charge is -2.52. The van der Waals surface area contributed by atoms with Crippen LogP contribution in [0.25, 0.3) is 0 Å². The van der Waals surface area contributed by atoms with Gasteiger partial charge in [-0.1, -0.05) is 30.3 Å². The lowest BCUT2D eigenvalue weighted by molar-refractivity contribution is -0.385. The summed E-state index contributed by atoms with van der Waals surface area (Å²) in [6.45, 7) is 5.18. The average Bonchev–Trinajstić information content (AvgIpc) is 2.91. The van der Waals surface area contributed by atoms with Crippen LogP contribution in [0.1, 0.15) is 50.5 Å². The normalized spacial score (nSPS) is 20.2. The third kappa shape index (κ3) is 6.43. The highest BCUT2D eigenvalue weighted by atomic mass is 19.1. The molecule has 1 amide bonds. The molecular weight excluding hydrogens is 487 g/mol. The minimum absolute atomic E-state index is 0.209. The number of nitrogens with one attached hydrogen (secondary N) is 1. The summed E-state index contributed by atoms with van der Waals surface area (Å²) in [5, 5.41) is 13.9. The monoisotopic (exact) mass is 524 g/mol. The van der Waals surface area contributed by atoms with Crippen molar-refractivity contribution in [1.29, 1.82) is 0 Å². The van der Waals surface area contributed by atoms with E-state index in [1.807, 2.05) is 35.2 Å². The minimum atomic E-state index is -0.564.